The van der Waals surface area contributed by atoms with Crippen molar-refractivity contribution in [2.75, 3.05) is 5.73 Å². The molecule has 104 valence electrons. The Kier molecular flexibility index (Phi) is 3.42. The van der Waals surface area contributed by atoms with Crippen LogP contribution in [0.1, 0.15) is 0 Å². The largest absolute Gasteiger partial charge is 0.380 e. The first-order chi connectivity index (χ1) is 10.2. The number of nitrogens with zero attached hydrogens (tertiary/aromatic N) is 3. The molecule has 0 fully saturated rings. The first kappa shape index (κ1) is 13.0. The van der Waals surface area contributed by atoms with E-state index in [-0.39, 0.29) is 11.6 Å². The topological polar surface area (TPSA) is 79.4 Å². The van der Waals surface area contributed by atoms with Gasteiger partial charge in [-0.1, -0.05) is 30.3 Å². The highest BCUT2D eigenvalue weighted by Gasteiger charge is 2.12. The van der Waals surface area contributed by atoms with Crippen molar-refractivity contribution in [2.24, 2.45) is 10.2 Å². The molecule has 0 amide bonds. The van der Waals surface area contributed by atoms with E-state index in [4.69, 9.17) is 5.73 Å². The number of nitrogens with one attached hydrogen (secondary N) is 1. The zero-order valence-corrected chi connectivity index (χ0v) is 11.0. The maximum absolute atomic E-state index is 13.3. The van der Waals surface area contributed by atoms with Crippen LogP contribution in [0.3, 0.4) is 0 Å². The third kappa shape index (κ3) is 2.79. The quantitative estimate of drug-likeness (QED) is 0.705. The van der Waals surface area contributed by atoms with Gasteiger partial charge in [0, 0.05) is 5.56 Å². The first-order valence-corrected chi connectivity index (χ1v) is 6.30. The van der Waals surface area contributed by atoms with E-state index in [1.807, 2.05) is 30.3 Å². The first-order valence-electron chi connectivity index (χ1n) is 6.30. The number of azo groups is 1. The Morgan fingerprint density at radius 2 is 1.81 bits per heavy atom. The van der Waals surface area contributed by atoms with Gasteiger partial charge in [-0.25, -0.2) is 4.39 Å². The van der Waals surface area contributed by atoms with E-state index in [9.17, 15) is 4.39 Å². The van der Waals surface area contributed by atoms with Crippen LogP contribution in [-0.2, 0) is 0 Å². The molecule has 0 saturated heterocycles. The standard InChI is InChI=1S/C15H12FN5/c16-11-6-4-5-10(9-11)13-14(15(17)21-19-13)20-18-12-7-2-1-3-8-12/h1-9H,(H3,17,19,21). The highest BCUT2D eigenvalue weighted by atomic mass is 19.1. The Balaban J connectivity index is 2.00. The van der Waals surface area contributed by atoms with E-state index in [0.717, 1.165) is 0 Å². The van der Waals surface area contributed by atoms with Gasteiger partial charge in [-0.2, -0.15) is 10.2 Å². The van der Waals surface area contributed by atoms with Crippen LogP contribution in [0.25, 0.3) is 11.3 Å². The van der Waals surface area contributed by atoms with Gasteiger partial charge < -0.3 is 5.73 Å². The number of hydrogen-bond donors (Lipinski definition) is 2. The minimum Gasteiger partial charge on any atom is -0.380 e. The molecule has 0 unspecified atom stereocenters. The number of benzene rings is 2. The lowest BCUT2D eigenvalue weighted by molar-refractivity contribution is 0.628. The van der Waals surface area contributed by atoms with E-state index in [2.05, 4.69) is 20.4 Å². The van der Waals surface area contributed by atoms with E-state index in [1.54, 1.807) is 12.1 Å². The molecule has 2 aromatic carbocycles. The van der Waals surface area contributed by atoms with Crippen molar-refractivity contribution in [3.63, 3.8) is 0 Å². The SMILES string of the molecule is Nc1n[nH]c(-c2cccc(F)c2)c1N=Nc1ccccc1. The molecule has 0 saturated carbocycles. The molecule has 1 heterocycles. The van der Waals surface area contributed by atoms with Crippen LogP contribution < -0.4 is 5.73 Å². The van der Waals surface area contributed by atoms with Crippen molar-refractivity contribution in [1.29, 1.82) is 0 Å². The number of hydrogen-bond acceptors (Lipinski definition) is 4. The molecule has 0 spiro atoms. The fraction of sp³-hybridized carbons (Fsp3) is 0. The molecule has 0 aliphatic heterocycles. The zero-order valence-electron chi connectivity index (χ0n) is 11.0. The second kappa shape index (κ2) is 5.54. The van der Waals surface area contributed by atoms with Crippen molar-refractivity contribution in [1.82, 2.24) is 10.2 Å². The monoisotopic (exact) mass is 281 g/mol. The molecule has 5 nitrogen and oxygen atoms in total. The Morgan fingerprint density at radius 3 is 2.57 bits per heavy atom. The van der Waals surface area contributed by atoms with E-state index < -0.39 is 0 Å². The molecule has 0 bridgehead atoms. The van der Waals surface area contributed by atoms with Crippen LogP contribution in [0.2, 0.25) is 0 Å². The molecule has 1 aromatic heterocycles. The summed E-state index contributed by atoms with van der Waals surface area (Å²) >= 11 is 0. The third-order valence-corrected chi connectivity index (χ3v) is 2.90. The summed E-state index contributed by atoms with van der Waals surface area (Å²) in [4.78, 5) is 0. The molecular formula is C15H12FN5. The summed E-state index contributed by atoms with van der Waals surface area (Å²) in [5.41, 5.74) is 8.03. The Bertz CT molecular complexity index is 780. The lowest BCUT2D eigenvalue weighted by Gasteiger charge is -1.99. The average molecular weight is 281 g/mol. The number of aromatic amines is 1. The van der Waals surface area contributed by atoms with Crippen LogP contribution in [-0.4, -0.2) is 10.2 Å². The normalized spacial score (nSPS) is 11.1. The van der Waals surface area contributed by atoms with Gasteiger partial charge in [-0.15, -0.1) is 5.11 Å². The summed E-state index contributed by atoms with van der Waals surface area (Å²) in [6, 6.07) is 15.4. The van der Waals surface area contributed by atoms with Crippen molar-refractivity contribution < 1.29 is 4.39 Å². The smallest absolute Gasteiger partial charge is 0.173 e. The Labute approximate surface area is 120 Å². The molecule has 0 atom stereocenters. The number of halogens is 1. The number of anilines is 1. The van der Waals surface area contributed by atoms with E-state index in [1.165, 1.54) is 12.1 Å². The van der Waals surface area contributed by atoms with Crippen LogP contribution >= 0.6 is 0 Å². The minimum absolute atomic E-state index is 0.217. The maximum atomic E-state index is 13.3. The number of aromatic nitrogens is 2. The highest BCUT2D eigenvalue weighted by Crippen LogP contribution is 2.34. The van der Waals surface area contributed by atoms with Gasteiger partial charge in [0.1, 0.15) is 5.82 Å². The van der Waals surface area contributed by atoms with Gasteiger partial charge in [-0.05, 0) is 24.3 Å². The van der Waals surface area contributed by atoms with Crippen LogP contribution in [0.15, 0.2) is 64.8 Å². The second-order valence-electron chi connectivity index (χ2n) is 4.38. The lowest BCUT2D eigenvalue weighted by atomic mass is 10.1. The molecule has 3 N–H and O–H groups in total. The predicted molar refractivity (Wildman–Crippen MR) is 79.0 cm³/mol. The van der Waals surface area contributed by atoms with Gasteiger partial charge >= 0.3 is 0 Å². The second-order valence-corrected chi connectivity index (χ2v) is 4.38. The average Bonchev–Trinajstić information content (AvgIpc) is 2.87. The molecule has 0 radical (unpaired) electrons. The summed E-state index contributed by atoms with van der Waals surface area (Å²) in [7, 11) is 0. The number of nitrogens with two attached hydrogens (primary N) is 1. The summed E-state index contributed by atoms with van der Waals surface area (Å²) in [5.74, 6) is -0.124. The van der Waals surface area contributed by atoms with Gasteiger partial charge in [0.2, 0.25) is 0 Å². The minimum atomic E-state index is -0.341. The van der Waals surface area contributed by atoms with Crippen LogP contribution in [0, 0.1) is 5.82 Å². The van der Waals surface area contributed by atoms with Crippen molar-refractivity contribution in [3.05, 3.63) is 60.4 Å². The van der Waals surface area contributed by atoms with E-state index >= 15 is 0 Å². The summed E-state index contributed by atoms with van der Waals surface area (Å²) in [6.45, 7) is 0. The number of nitrogen functional groups attached to an aromatic ring is 1. The van der Waals surface area contributed by atoms with Crippen molar-refractivity contribution in [3.8, 4) is 11.3 Å². The molecule has 6 heteroatoms. The number of rotatable bonds is 3. The van der Waals surface area contributed by atoms with Gasteiger partial charge in [0.25, 0.3) is 0 Å². The lowest BCUT2D eigenvalue weighted by Crippen LogP contribution is -1.83. The molecule has 0 aliphatic rings. The summed E-state index contributed by atoms with van der Waals surface area (Å²) in [6.07, 6.45) is 0. The van der Waals surface area contributed by atoms with Crippen molar-refractivity contribution in [2.45, 2.75) is 0 Å². The fourth-order valence-electron chi connectivity index (χ4n) is 1.90. The van der Waals surface area contributed by atoms with Crippen LogP contribution in [0.4, 0.5) is 21.6 Å². The molecule has 0 aliphatic carbocycles. The summed E-state index contributed by atoms with van der Waals surface area (Å²) in [5, 5.41) is 14.9. The molecule has 3 aromatic rings. The Morgan fingerprint density at radius 1 is 1.00 bits per heavy atom. The van der Waals surface area contributed by atoms with Crippen molar-refractivity contribution >= 4 is 17.2 Å². The Hall–Kier alpha value is -3.02. The molecule has 3 rings (SSSR count). The third-order valence-electron chi connectivity index (χ3n) is 2.90. The zero-order chi connectivity index (χ0) is 14.7. The van der Waals surface area contributed by atoms with Crippen LogP contribution in [0.5, 0.6) is 0 Å². The molecular weight excluding hydrogens is 269 g/mol. The van der Waals surface area contributed by atoms with Gasteiger partial charge in [-0.3, -0.25) is 5.10 Å². The van der Waals surface area contributed by atoms with Gasteiger partial charge in [0.05, 0.1) is 11.4 Å². The number of H-pyrrole nitrogens is 1. The molecule has 21 heavy (non-hydrogen) atoms. The fourth-order valence-corrected chi connectivity index (χ4v) is 1.90. The summed E-state index contributed by atoms with van der Waals surface area (Å²) < 4.78 is 13.3. The predicted octanol–water partition coefficient (Wildman–Crippen LogP) is 4.21. The maximum Gasteiger partial charge on any atom is 0.173 e. The van der Waals surface area contributed by atoms with Gasteiger partial charge in [0.15, 0.2) is 11.5 Å². The highest BCUT2D eigenvalue weighted by molar-refractivity contribution is 5.79. The van der Waals surface area contributed by atoms with E-state index in [0.29, 0.717) is 22.6 Å².